The Morgan fingerprint density at radius 2 is 2.29 bits per heavy atom. The quantitative estimate of drug-likeness (QED) is 0.647. The van der Waals surface area contributed by atoms with Crippen molar-refractivity contribution in [1.82, 2.24) is 9.97 Å². The molecule has 88 valence electrons. The van der Waals surface area contributed by atoms with E-state index in [1.807, 2.05) is 0 Å². The van der Waals surface area contributed by atoms with Crippen molar-refractivity contribution < 1.29 is 10.0 Å². The van der Waals surface area contributed by atoms with E-state index in [9.17, 15) is 10.1 Å². The predicted octanol–water partition coefficient (Wildman–Crippen LogP) is 2.13. The van der Waals surface area contributed by atoms with Crippen molar-refractivity contribution in [1.29, 1.82) is 0 Å². The number of nitrogens with zero attached hydrogens (tertiary/aromatic N) is 2. The highest BCUT2D eigenvalue weighted by molar-refractivity contribution is 6.31. The third kappa shape index (κ3) is 2.27. The molecule has 0 bridgehead atoms. The number of nitrogens with one attached hydrogen (secondary N) is 1. The summed E-state index contributed by atoms with van der Waals surface area (Å²) in [5.41, 5.74) is 0.685. The van der Waals surface area contributed by atoms with Gasteiger partial charge in [0.1, 0.15) is 5.82 Å². The number of hydrogen-bond donors (Lipinski definition) is 2. The fourth-order valence-electron chi connectivity index (χ4n) is 1.43. The molecule has 0 aliphatic carbocycles. The van der Waals surface area contributed by atoms with Crippen LogP contribution in [0, 0.1) is 10.1 Å². The zero-order valence-corrected chi connectivity index (χ0v) is 9.31. The Labute approximate surface area is 101 Å². The molecule has 0 atom stereocenters. The molecule has 0 amide bonds. The molecule has 1 heterocycles. The van der Waals surface area contributed by atoms with Crippen LogP contribution in [-0.2, 0) is 6.61 Å². The number of aromatic amines is 1. The summed E-state index contributed by atoms with van der Waals surface area (Å²) in [6.07, 6.45) is 1.42. The second-order valence-electron chi connectivity index (χ2n) is 3.33. The summed E-state index contributed by atoms with van der Waals surface area (Å²) in [7, 11) is 0. The lowest BCUT2D eigenvalue weighted by Gasteiger charge is -2.00. The first-order chi connectivity index (χ1) is 8.11. The Morgan fingerprint density at radius 1 is 1.53 bits per heavy atom. The summed E-state index contributed by atoms with van der Waals surface area (Å²) in [6, 6.07) is 4.22. The van der Waals surface area contributed by atoms with Crippen LogP contribution in [0.1, 0.15) is 5.69 Å². The second kappa shape index (κ2) is 4.52. The van der Waals surface area contributed by atoms with Crippen LogP contribution in [0.15, 0.2) is 24.4 Å². The second-order valence-corrected chi connectivity index (χ2v) is 3.77. The Bertz CT molecular complexity index is 568. The van der Waals surface area contributed by atoms with Crippen molar-refractivity contribution >= 4 is 17.3 Å². The van der Waals surface area contributed by atoms with Crippen LogP contribution in [0.5, 0.6) is 0 Å². The first-order valence-electron chi connectivity index (χ1n) is 4.71. The van der Waals surface area contributed by atoms with E-state index in [1.54, 1.807) is 0 Å². The van der Waals surface area contributed by atoms with Gasteiger partial charge in [0, 0.05) is 11.1 Å². The largest absolute Gasteiger partial charge is 0.390 e. The number of benzene rings is 1. The summed E-state index contributed by atoms with van der Waals surface area (Å²) < 4.78 is 0. The number of aliphatic hydroxyl groups is 1. The molecule has 0 unspecified atom stereocenters. The van der Waals surface area contributed by atoms with Gasteiger partial charge in [0.2, 0.25) is 0 Å². The van der Waals surface area contributed by atoms with Gasteiger partial charge in [-0.05, 0) is 12.1 Å². The average molecular weight is 254 g/mol. The molecule has 0 spiro atoms. The minimum absolute atomic E-state index is 0.0896. The topological polar surface area (TPSA) is 92.1 Å². The standard InChI is InChI=1S/C10H8ClN3O3/c11-6-1-2-9(14(16)17)8(3-6)10-12-4-7(5-15)13-10/h1-4,15H,5H2,(H,12,13). The first kappa shape index (κ1) is 11.6. The molecule has 0 saturated heterocycles. The van der Waals surface area contributed by atoms with Gasteiger partial charge in [0.05, 0.1) is 29.0 Å². The molecule has 2 rings (SSSR count). The maximum absolute atomic E-state index is 10.9. The molecular formula is C10H8ClN3O3. The van der Waals surface area contributed by atoms with Crippen molar-refractivity contribution in [3.05, 3.63) is 45.2 Å². The number of rotatable bonds is 3. The van der Waals surface area contributed by atoms with Gasteiger partial charge in [-0.3, -0.25) is 10.1 Å². The summed E-state index contributed by atoms with van der Waals surface area (Å²) in [5.74, 6) is 0.309. The predicted molar refractivity (Wildman–Crippen MR) is 61.6 cm³/mol. The van der Waals surface area contributed by atoms with Gasteiger partial charge in [-0.25, -0.2) is 4.98 Å². The maximum atomic E-state index is 10.9. The van der Waals surface area contributed by atoms with Crippen LogP contribution in [0.2, 0.25) is 5.02 Å². The fraction of sp³-hybridized carbons (Fsp3) is 0.100. The number of nitro groups is 1. The number of imidazole rings is 1. The van der Waals surface area contributed by atoms with Gasteiger partial charge in [0.15, 0.2) is 0 Å². The number of halogens is 1. The van der Waals surface area contributed by atoms with E-state index >= 15 is 0 Å². The highest BCUT2D eigenvalue weighted by atomic mass is 35.5. The van der Waals surface area contributed by atoms with E-state index < -0.39 is 4.92 Å². The minimum atomic E-state index is -0.507. The summed E-state index contributed by atoms with van der Waals surface area (Å²) in [4.78, 5) is 17.1. The van der Waals surface area contributed by atoms with Crippen LogP contribution < -0.4 is 0 Å². The van der Waals surface area contributed by atoms with Crippen molar-refractivity contribution in [2.75, 3.05) is 0 Å². The van der Waals surface area contributed by atoms with Gasteiger partial charge in [-0.1, -0.05) is 11.6 Å². The zero-order chi connectivity index (χ0) is 12.4. The van der Waals surface area contributed by atoms with E-state index in [4.69, 9.17) is 16.7 Å². The lowest BCUT2D eigenvalue weighted by molar-refractivity contribution is -0.384. The number of hydrogen-bond acceptors (Lipinski definition) is 4. The van der Waals surface area contributed by atoms with Crippen molar-refractivity contribution in [2.45, 2.75) is 6.61 Å². The van der Waals surface area contributed by atoms with E-state index in [-0.39, 0.29) is 12.3 Å². The molecule has 0 fully saturated rings. The fourth-order valence-corrected chi connectivity index (χ4v) is 1.61. The van der Waals surface area contributed by atoms with E-state index in [1.165, 1.54) is 24.4 Å². The highest BCUT2D eigenvalue weighted by Crippen LogP contribution is 2.30. The Kier molecular flexibility index (Phi) is 3.08. The molecule has 6 nitrogen and oxygen atoms in total. The molecule has 2 N–H and O–H groups in total. The zero-order valence-electron chi connectivity index (χ0n) is 8.55. The Hall–Kier alpha value is -1.92. The summed E-state index contributed by atoms with van der Waals surface area (Å²) >= 11 is 5.80. The average Bonchev–Trinajstić information content (AvgIpc) is 2.76. The van der Waals surface area contributed by atoms with Gasteiger partial charge in [-0.2, -0.15) is 0 Å². The monoisotopic (exact) mass is 253 g/mol. The number of aromatic nitrogens is 2. The molecule has 0 radical (unpaired) electrons. The summed E-state index contributed by atoms with van der Waals surface area (Å²) in [6.45, 7) is -0.207. The molecule has 0 aliphatic heterocycles. The van der Waals surface area contributed by atoms with Crippen LogP contribution in [-0.4, -0.2) is 20.0 Å². The van der Waals surface area contributed by atoms with Crippen LogP contribution in [0.4, 0.5) is 5.69 Å². The minimum Gasteiger partial charge on any atom is -0.390 e. The Balaban J connectivity index is 2.56. The third-order valence-corrected chi connectivity index (χ3v) is 2.44. The van der Waals surface area contributed by atoms with Crippen LogP contribution in [0.3, 0.4) is 0 Å². The molecule has 2 aromatic rings. The van der Waals surface area contributed by atoms with E-state index in [0.717, 1.165) is 0 Å². The summed E-state index contributed by atoms with van der Waals surface area (Å²) in [5, 5.41) is 20.1. The molecule has 7 heteroatoms. The van der Waals surface area contributed by atoms with Gasteiger partial charge < -0.3 is 10.1 Å². The van der Waals surface area contributed by atoms with Gasteiger partial charge >= 0.3 is 0 Å². The highest BCUT2D eigenvalue weighted by Gasteiger charge is 2.17. The third-order valence-electron chi connectivity index (χ3n) is 2.21. The normalized spacial score (nSPS) is 10.5. The van der Waals surface area contributed by atoms with Crippen molar-refractivity contribution in [2.24, 2.45) is 0 Å². The molecule has 0 aliphatic rings. The molecule has 0 saturated carbocycles. The lowest BCUT2D eigenvalue weighted by Crippen LogP contribution is -1.93. The molecule has 1 aromatic carbocycles. The van der Waals surface area contributed by atoms with Gasteiger partial charge in [0.25, 0.3) is 5.69 Å². The lowest BCUT2D eigenvalue weighted by atomic mass is 10.1. The molecular weight excluding hydrogens is 246 g/mol. The van der Waals surface area contributed by atoms with Gasteiger partial charge in [-0.15, -0.1) is 0 Å². The van der Waals surface area contributed by atoms with E-state index in [2.05, 4.69) is 9.97 Å². The van der Waals surface area contributed by atoms with Crippen LogP contribution in [0.25, 0.3) is 11.4 Å². The number of aliphatic hydroxyl groups excluding tert-OH is 1. The van der Waals surface area contributed by atoms with Crippen molar-refractivity contribution in [3.63, 3.8) is 0 Å². The molecule has 1 aromatic heterocycles. The van der Waals surface area contributed by atoms with Crippen molar-refractivity contribution in [3.8, 4) is 11.4 Å². The molecule has 17 heavy (non-hydrogen) atoms. The SMILES string of the molecule is O=[N+]([O-])c1ccc(Cl)cc1-c1ncc(CO)[nH]1. The maximum Gasteiger partial charge on any atom is 0.280 e. The smallest absolute Gasteiger partial charge is 0.280 e. The Morgan fingerprint density at radius 3 is 2.88 bits per heavy atom. The van der Waals surface area contributed by atoms with E-state index in [0.29, 0.717) is 22.1 Å². The number of nitro benzene ring substituents is 1. The first-order valence-corrected chi connectivity index (χ1v) is 5.08. The number of H-pyrrole nitrogens is 1. The van der Waals surface area contributed by atoms with Crippen LogP contribution >= 0.6 is 11.6 Å².